The highest BCUT2D eigenvalue weighted by molar-refractivity contribution is 7.90. The Hall–Kier alpha value is -1.01. The van der Waals surface area contributed by atoms with E-state index in [9.17, 15) is 13.2 Å². The van der Waals surface area contributed by atoms with Crippen LogP contribution in [0.5, 0.6) is 0 Å². The molecule has 5 nitrogen and oxygen atoms in total. The number of halogens is 1. The van der Waals surface area contributed by atoms with E-state index in [1.165, 1.54) is 6.92 Å². The van der Waals surface area contributed by atoms with Crippen molar-refractivity contribution in [2.24, 2.45) is 0 Å². The lowest BCUT2D eigenvalue weighted by Gasteiger charge is -2.02. The van der Waals surface area contributed by atoms with Crippen LogP contribution in [0.3, 0.4) is 0 Å². The predicted molar refractivity (Wildman–Crippen MR) is 50.3 cm³/mol. The molecule has 0 amide bonds. The van der Waals surface area contributed by atoms with E-state index in [4.69, 9.17) is 11.6 Å². The predicted octanol–water partition coefficient (Wildman–Crippen LogP) is 0.654. The van der Waals surface area contributed by atoms with Crippen LogP contribution >= 0.6 is 11.6 Å². The Morgan fingerprint density at radius 1 is 1.36 bits per heavy atom. The maximum atomic E-state index is 11.1. The van der Waals surface area contributed by atoms with Gasteiger partial charge >= 0.3 is 0 Å². The van der Waals surface area contributed by atoms with Crippen LogP contribution in [0.2, 0.25) is 5.15 Å². The van der Waals surface area contributed by atoms with Crippen LogP contribution < -0.4 is 0 Å². The van der Waals surface area contributed by atoms with Crippen LogP contribution in [0.25, 0.3) is 0 Å². The second-order valence-electron chi connectivity index (χ2n) is 2.69. The Bertz CT molecular complexity index is 461. The van der Waals surface area contributed by atoms with Gasteiger partial charge in [-0.25, -0.2) is 18.4 Å². The van der Waals surface area contributed by atoms with Crippen LogP contribution in [0.4, 0.5) is 0 Å². The molecule has 0 saturated carbocycles. The number of rotatable bonds is 2. The number of aldehydes is 1. The third-order valence-corrected chi connectivity index (χ3v) is 2.65. The molecule has 0 aliphatic carbocycles. The van der Waals surface area contributed by atoms with Gasteiger partial charge in [0.2, 0.25) is 15.0 Å². The van der Waals surface area contributed by atoms with Crippen molar-refractivity contribution in [1.82, 2.24) is 9.97 Å². The summed E-state index contributed by atoms with van der Waals surface area (Å²) in [5, 5.41) is -0.515. The summed E-state index contributed by atoms with van der Waals surface area (Å²) in [6.45, 7) is 1.49. The molecule has 0 aromatic carbocycles. The summed E-state index contributed by atoms with van der Waals surface area (Å²) >= 11 is 5.59. The van der Waals surface area contributed by atoms with Crippen molar-refractivity contribution >= 4 is 27.7 Å². The lowest BCUT2D eigenvalue weighted by molar-refractivity contribution is 0.112. The van der Waals surface area contributed by atoms with Gasteiger partial charge in [0.15, 0.2) is 6.29 Å². The van der Waals surface area contributed by atoms with Crippen molar-refractivity contribution in [3.05, 3.63) is 16.4 Å². The van der Waals surface area contributed by atoms with Crippen LogP contribution in [0.1, 0.15) is 16.1 Å². The Balaban J connectivity index is 3.50. The Morgan fingerprint density at radius 3 is 2.29 bits per heavy atom. The Morgan fingerprint density at radius 2 is 1.93 bits per heavy atom. The number of nitrogens with zero attached hydrogens (tertiary/aromatic N) is 2. The Labute approximate surface area is 86.1 Å². The Kier molecular flexibility index (Phi) is 2.86. The molecule has 1 aromatic heterocycles. The first-order chi connectivity index (χ1) is 6.36. The number of aryl methyl sites for hydroxylation is 1. The zero-order valence-electron chi connectivity index (χ0n) is 7.48. The van der Waals surface area contributed by atoms with E-state index in [1.807, 2.05) is 0 Å². The molecular formula is C7H7ClN2O3S. The number of aromatic nitrogens is 2. The maximum absolute atomic E-state index is 11.1. The van der Waals surface area contributed by atoms with Crippen LogP contribution in [-0.4, -0.2) is 30.9 Å². The first kappa shape index (κ1) is 11.1. The highest BCUT2D eigenvalue weighted by atomic mass is 35.5. The van der Waals surface area contributed by atoms with Crippen LogP contribution in [0.15, 0.2) is 5.16 Å². The molecule has 0 bridgehead atoms. The largest absolute Gasteiger partial charge is 0.298 e. The fourth-order valence-electron chi connectivity index (χ4n) is 0.822. The molecule has 7 heteroatoms. The molecule has 0 fully saturated rings. The SMILES string of the molecule is Cc1nc(S(C)(=O)=O)nc(Cl)c1C=O. The number of hydrogen-bond acceptors (Lipinski definition) is 5. The van der Waals surface area contributed by atoms with Gasteiger partial charge in [-0.2, -0.15) is 0 Å². The fourth-order valence-corrected chi connectivity index (χ4v) is 1.69. The van der Waals surface area contributed by atoms with Crippen LogP contribution in [0, 0.1) is 6.92 Å². The molecule has 0 unspecified atom stereocenters. The van der Waals surface area contributed by atoms with Crippen molar-refractivity contribution in [3.63, 3.8) is 0 Å². The minimum absolute atomic E-state index is 0.110. The lowest BCUT2D eigenvalue weighted by atomic mass is 10.3. The number of sulfone groups is 1. The van der Waals surface area contributed by atoms with E-state index in [0.29, 0.717) is 6.29 Å². The van der Waals surface area contributed by atoms with E-state index in [2.05, 4.69) is 9.97 Å². The standard InChI is InChI=1S/C7H7ClN2O3S/c1-4-5(3-11)6(8)10-7(9-4)14(2,12)13/h3H,1-2H3. The second kappa shape index (κ2) is 3.62. The third-order valence-electron chi connectivity index (χ3n) is 1.52. The van der Waals surface area contributed by atoms with Gasteiger partial charge in [-0.1, -0.05) is 11.6 Å². The summed E-state index contributed by atoms with van der Waals surface area (Å²) < 4.78 is 22.1. The van der Waals surface area contributed by atoms with E-state index >= 15 is 0 Å². The quantitative estimate of drug-likeness (QED) is 0.427. The summed E-state index contributed by atoms with van der Waals surface area (Å²) in [4.78, 5) is 17.7. The molecule has 0 saturated heterocycles. The zero-order valence-corrected chi connectivity index (χ0v) is 9.06. The van der Waals surface area contributed by atoms with Crippen molar-refractivity contribution in [2.75, 3.05) is 6.26 Å². The van der Waals surface area contributed by atoms with Gasteiger partial charge in [0.25, 0.3) is 0 Å². The molecule has 0 atom stereocenters. The molecular weight excluding hydrogens is 228 g/mol. The van der Waals surface area contributed by atoms with Crippen molar-refractivity contribution in [2.45, 2.75) is 12.1 Å². The minimum atomic E-state index is -3.50. The molecule has 0 radical (unpaired) electrons. The van der Waals surface area contributed by atoms with E-state index in [-0.39, 0.29) is 21.6 Å². The molecule has 76 valence electrons. The van der Waals surface area contributed by atoms with E-state index in [1.54, 1.807) is 0 Å². The number of carbonyl (C=O) groups is 1. The van der Waals surface area contributed by atoms with Gasteiger partial charge < -0.3 is 0 Å². The smallest absolute Gasteiger partial charge is 0.248 e. The third kappa shape index (κ3) is 2.08. The second-order valence-corrected chi connectivity index (χ2v) is 4.95. The summed E-state index contributed by atoms with van der Waals surface area (Å²) in [6.07, 6.45) is 1.46. The van der Waals surface area contributed by atoms with Gasteiger partial charge in [0.05, 0.1) is 11.3 Å². The molecule has 1 aromatic rings. The fraction of sp³-hybridized carbons (Fsp3) is 0.286. The summed E-state index contributed by atoms with van der Waals surface area (Å²) in [7, 11) is -3.50. The highest BCUT2D eigenvalue weighted by Crippen LogP contribution is 2.15. The summed E-state index contributed by atoms with van der Waals surface area (Å²) in [6, 6.07) is 0. The average molecular weight is 235 g/mol. The first-order valence-electron chi connectivity index (χ1n) is 3.55. The minimum Gasteiger partial charge on any atom is -0.298 e. The number of hydrogen-bond donors (Lipinski definition) is 0. The van der Waals surface area contributed by atoms with Crippen molar-refractivity contribution in [1.29, 1.82) is 0 Å². The molecule has 0 aliphatic rings. The van der Waals surface area contributed by atoms with Crippen molar-refractivity contribution in [3.8, 4) is 0 Å². The van der Waals surface area contributed by atoms with Gasteiger partial charge in [0.1, 0.15) is 5.15 Å². The van der Waals surface area contributed by atoms with Gasteiger partial charge in [-0.3, -0.25) is 4.79 Å². The molecule has 0 spiro atoms. The van der Waals surface area contributed by atoms with Crippen molar-refractivity contribution < 1.29 is 13.2 Å². The molecule has 1 heterocycles. The van der Waals surface area contributed by atoms with E-state index < -0.39 is 9.84 Å². The summed E-state index contributed by atoms with van der Waals surface area (Å²) in [5.74, 6) is 0. The van der Waals surface area contributed by atoms with Gasteiger partial charge in [-0.05, 0) is 6.92 Å². The molecule has 1 rings (SSSR count). The monoisotopic (exact) mass is 234 g/mol. The zero-order chi connectivity index (χ0) is 10.9. The van der Waals surface area contributed by atoms with Gasteiger partial charge in [0, 0.05) is 6.26 Å². The van der Waals surface area contributed by atoms with Crippen LogP contribution in [-0.2, 0) is 9.84 Å². The first-order valence-corrected chi connectivity index (χ1v) is 5.82. The number of carbonyl (C=O) groups excluding carboxylic acids is 1. The lowest BCUT2D eigenvalue weighted by Crippen LogP contribution is -2.07. The summed E-state index contributed by atoms with van der Waals surface area (Å²) in [5.41, 5.74) is 0.361. The molecule has 14 heavy (non-hydrogen) atoms. The van der Waals surface area contributed by atoms with Gasteiger partial charge in [-0.15, -0.1) is 0 Å². The molecule has 0 aliphatic heterocycles. The highest BCUT2D eigenvalue weighted by Gasteiger charge is 2.16. The topological polar surface area (TPSA) is 77.0 Å². The molecule has 0 N–H and O–H groups in total. The van der Waals surface area contributed by atoms with E-state index in [0.717, 1.165) is 6.26 Å². The average Bonchev–Trinajstić information content (AvgIpc) is 2.01. The maximum Gasteiger partial charge on any atom is 0.248 e. The normalized spacial score (nSPS) is 11.4.